The molecule has 0 radical (unpaired) electrons. The zero-order valence-electron chi connectivity index (χ0n) is 32.2. The van der Waals surface area contributed by atoms with Crippen LogP contribution in [0.5, 0.6) is 5.75 Å². The molecule has 15 heteroatoms. The van der Waals surface area contributed by atoms with Gasteiger partial charge < -0.3 is 38.6 Å². The van der Waals surface area contributed by atoms with Crippen LogP contribution in [-0.2, 0) is 39.8 Å². The molecule has 13 nitrogen and oxygen atoms in total. The van der Waals surface area contributed by atoms with Crippen molar-refractivity contribution in [1.29, 1.82) is 0 Å². The number of thiol groups is 1. The number of rotatable bonds is 8. The molecule has 8 atom stereocenters. The Kier molecular flexibility index (Phi) is 13.3. The number of hydrogen-bond donors (Lipinski definition) is 3. The summed E-state index contributed by atoms with van der Waals surface area (Å²) in [6.07, 6.45) is 1.61. The Morgan fingerprint density at radius 3 is 2.57 bits per heavy atom. The number of ether oxygens (including phenoxy) is 5. The highest BCUT2D eigenvalue weighted by atomic mass is 35.5. The molecule has 2 saturated heterocycles. The van der Waals surface area contributed by atoms with E-state index in [4.69, 9.17) is 35.3 Å². The minimum Gasteiger partial charge on any atom is -0.495 e. The van der Waals surface area contributed by atoms with Gasteiger partial charge in [0.05, 0.1) is 25.3 Å². The van der Waals surface area contributed by atoms with Gasteiger partial charge in [-0.2, -0.15) is 12.6 Å². The zero-order valence-corrected chi connectivity index (χ0v) is 33.9. The Hall–Kier alpha value is -3.30. The number of aliphatic hydroxyl groups is 1. The van der Waals surface area contributed by atoms with E-state index in [0.29, 0.717) is 24.3 Å². The number of nitrogens with one attached hydrogen (secondary N) is 1. The van der Waals surface area contributed by atoms with Gasteiger partial charge in [-0.3, -0.25) is 14.9 Å². The van der Waals surface area contributed by atoms with Gasteiger partial charge in [0.1, 0.15) is 40.7 Å². The first-order valence-electron chi connectivity index (χ1n) is 17.7. The van der Waals surface area contributed by atoms with Gasteiger partial charge in [-0.1, -0.05) is 56.2 Å². The van der Waals surface area contributed by atoms with Crippen molar-refractivity contribution in [3.8, 4) is 5.75 Å². The smallest absolute Gasteiger partial charge is 0.409 e. The normalized spacial score (nSPS) is 29.9. The predicted octanol–water partition coefficient (Wildman–Crippen LogP) is 5.00. The van der Waals surface area contributed by atoms with E-state index in [1.807, 2.05) is 26.8 Å². The summed E-state index contributed by atoms with van der Waals surface area (Å²) < 4.78 is 28.8. The molecule has 3 aliphatic heterocycles. The lowest BCUT2D eigenvalue weighted by atomic mass is 9.83. The van der Waals surface area contributed by atoms with Crippen molar-refractivity contribution in [1.82, 2.24) is 10.2 Å². The van der Waals surface area contributed by atoms with Crippen molar-refractivity contribution in [2.24, 2.45) is 5.92 Å². The number of anilines is 1. The fourth-order valence-corrected chi connectivity index (χ4v) is 7.23. The summed E-state index contributed by atoms with van der Waals surface area (Å²) in [6, 6.07) is 2.60. The zero-order chi connectivity index (χ0) is 39.6. The number of fused-ring (bicyclic) bond motifs is 5. The molecule has 0 saturated carbocycles. The molecule has 4 bridgehead atoms. The summed E-state index contributed by atoms with van der Waals surface area (Å²) >= 11 is 11.3. The van der Waals surface area contributed by atoms with Gasteiger partial charge in [-0.25, -0.2) is 9.59 Å². The van der Waals surface area contributed by atoms with Gasteiger partial charge in [0, 0.05) is 44.7 Å². The summed E-state index contributed by atoms with van der Waals surface area (Å²) in [4.78, 5) is 56.5. The third-order valence-corrected chi connectivity index (χ3v) is 11.1. The van der Waals surface area contributed by atoms with Crippen LogP contribution in [0.3, 0.4) is 0 Å². The van der Waals surface area contributed by atoms with Crippen LogP contribution >= 0.6 is 24.2 Å². The van der Waals surface area contributed by atoms with Crippen LogP contribution in [0, 0.1) is 5.92 Å². The standard InChI is InChI=1S/C38H54ClN3O10S/c1-21-12-11-13-28(49-10)38(47)20-27(50-35(46)40-38)22(2)33-37(6,52-33)29(51-34(45)23(3)41(7)30(43)14-15-36(4,5)53)19-31(44)42(8)25-17-24(16-21)18-26(48-9)32(25)39/h11-13,17-18,22-23,27-29,33,47,53H,14-16,19-20H2,1-10H3,(H,40,46)/t22-,23-,27?,28-,29+,33+,37+,38+/m1/s1. The van der Waals surface area contributed by atoms with Gasteiger partial charge in [0.2, 0.25) is 11.8 Å². The van der Waals surface area contributed by atoms with Crippen LogP contribution in [-0.4, -0.2) is 109 Å². The van der Waals surface area contributed by atoms with E-state index < -0.39 is 65.7 Å². The Labute approximate surface area is 322 Å². The van der Waals surface area contributed by atoms with E-state index in [1.165, 1.54) is 31.1 Å². The van der Waals surface area contributed by atoms with Crippen LogP contribution < -0.4 is 15.0 Å². The second-order valence-corrected chi connectivity index (χ2v) is 16.8. The Balaban J connectivity index is 1.74. The Morgan fingerprint density at radius 1 is 1.26 bits per heavy atom. The molecule has 0 aromatic heterocycles. The van der Waals surface area contributed by atoms with E-state index in [1.54, 1.807) is 52.1 Å². The highest BCUT2D eigenvalue weighted by Crippen LogP contribution is 2.49. The second kappa shape index (κ2) is 16.6. The summed E-state index contributed by atoms with van der Waals surface area (Å²) in [5.41, 5.74) is -0.916. The number of carbonyl (C=O) groups excluding carboxylic acids is 4. The lowest BCUT2D eigenvalue weighted by Gasteiger charge is -2.42. The monoisotopic (exact) mass is 779 g/mol. The number of allylic oxidation sites excluding steroid dienone is 3. The van der Waals surface area contributed by atoms with Crippen molar-refractivity contribution in [3.63, 3.8) is 0 Å². The van der Waals surface area contributed by atoms with Crippen LogP contribution in [0.15, 0.2) is 35.9 Å². The SMILES string of the molecule is COc1cc2cc(c1Cl)N(C)C(=O)C[C@H](OC(=O)[C@@H](C)N(C)C(=O)CCC(C)(C)S)[C@]1(C)O[C@H]1[C@H](C)C1C[C@@](O)(NC(=O)O1)[C@H](OC)C=CC=C(C)C2. The quantitative estimate of drug-likeness (QED) is 0.187. The molecule has 2 N–H and O–H groups in total. The van der Waals surface area contributed by atoms with E-state index in [9.17, 15) is 24.3 Å². The molecular weight excluding hydrogens is 726 g/mol. The molecule has 2 fully saturated rings. The van der Waals surface area contributed by atoms with Crippen molar-refractivity contribution in [2.45, 2.75) is 120 Å². The Morgan fingerprint density at radius 2 is 1.94 bits per heavy atom. The lowest BCUT2D eigenvalue weighted by molar-refractivity contribution is -0.162. The predicted molar refractivity (Wildman–Crippen MR) is 203 cm³/mol. The van der Waals surface area contributed by atoms with Crippen LogP contribution in [0.25, 0.3) is 0 Å². The first-order valence-corrected chi connectivity index (χ1v) is 18.5. The highest BCUT2D eigenvalue weighted by Gasteiger charge is 2.64. The number of halogens is 1. The van der Waals surface area contributed by atoms with Crippen molar-refractivity contribution >= 4 is 53.8 Å². The molecule has 1 aromatic rings. The summed E-state index contributed by atoms with van der Waals surface area (Å²) in [6.45, 7) is 10.8. The number of carbonyl (C=O) groups is 4. The van der Waals surface area contributed by atoms with Crippen LogP contribution in [0.4, 0.5) is 10.5 Å². The van der Waals surface area contributed by atoms with Crippen molar-refractivity contribution < 1.29 is 48.0 Å². The average Bonchev–Trinajstić information content (AvgIpc) is 3.78. The van der Waals surface area contributed by atoms with Gasteiger partial charge in [-0.05, 0) is 51.3 Å². The molecule has 0 spiro atoms. The fraction of sp³-hybridized carbons (Fsp3) is 0.632. The van der Waals surface area contributed by atoms with E-state index >= 15 is 0 Å². The first-order chi connectivity index (χ1) is 24.6. The number of hydrogen-bond acceptors (Lipinski definition) is 11. The van der Waals surface area contributed by atoms with Gasteiger partial charge in [0.15, 0.2) is 5.72 Å². The van der Waals surface area contributed by atoms with Crippen LogP contribution in [0.2, 0.25) is 5.02 Å². The largest absolute Gasteiger partial charge is 0.495 e. The van der Waals surface area contributed by atoms with Crippen LogP contribution in [0.1, 0.15) is 72.8 Å². The molecule has 3 amide bonds. The minimum absolute atomic E-state index is 0.0509. The molecule has 53 heavy (non-hydrogen) atoms. The minimum atomic E-state index is -1.83. The summed E-state index contributed by atoms with van der Waals surface area (Å²) in [5.74, 6) is -1.58. The lowest BCUT2D eigenvalue weighted by Crippen LogP contribution is -2.63. The first kappa shape index (κ1) is 42.4. The maximum atomic E-state index is 14.1. The molecule has 1 unspecified atom stereocenters. The van der Waals surface area contributed by atoms with Crippen molar-refractivity contribution in [3.05, 3.63) is 46.5 Å². The number of nitrogens with zero attached hydrogens (tertiary/aromatic N) is 2. The number of methoxy groups -OCH3 is 2. The second-order valence-electron chi connectivity index (χ2n) is 15.2. The van der Waals surface area contributed by atoms with Gasteiger partial charge in [-0.15, -0.1) is 0 Å². The number of esters is 1. The van der Waals surface area contributed by atoms with E-state index in [2.05, 4.69) is 17.9 Å². The molecule has 0 aliphatic carbocycles. The van der Waals surface area contributed by atoms with Gasteiger partial charge in [0.25, 0.3) is 0 Å². The molecule has 4 rings (SSSR count). The molecular formula is C38H54ClN3O10S. The number of likely N-dealkylation sites (N-methyl/N-ethyl adjacent to an activating group) is 1. The summed E-state index contributed by atoms with van der Waals surface area (Å²) in [5, 5.41) is 14.5. The number of benzene rings is 1. The molecule has 3 aliphatic rings. The number of alkyl carbamates (subject to hydrolysis) is 1. The topological polar surface area (TPSA) is 156 Å². The highest BCUT2D eigenvalue weighted by molar-refractivity contribution is 7.81. The average molecular weight is 780 g/mol. The van der Waals surface area contributed by atoms with Gasteiger partial charge >= 0.3 is 12.1 Å². The number of amides is 3. The maximum absolute atomic E-state index is 14.1. The third-order valence-electron chi connectivity index (χ3n) is 10.5. The van der Waals surface area contributed by atoms with E-state index in [0.717, 1.165) is 11.1 Å². The molecule has 1 aromatic carbocycles. The number of epoxide rings is 1. The van der Waals surface area contributed by atoms with Crippen molar-refractivity contribution in [2.75, 3.05) is 33.2 Å². The summed E-state index contributed by atoms with van der Waals surface area (Å²) in [7, 11) is 6.02. The molecule has 3 heterocycles. The Bertz CT molecular complexity index is 1630. The third kappa shape index (κ3) is 9.88. The molecule has 294 valence electrons. The fourth-order valence-electron chi connectivity index (χ4n) is 6.81. The maximum Gasteiger partial charge on any atom is 0.409 e. The van der Waals surface area contributed by atoms with E-state index in [-0.39, 0.29) is 34.9 Å².